The Balaban J connectivity index is 2.25. The molecule has 1 saturated carbocycles. The van der Waals surface area contributed by atoms with Gasteiger partial charge in [-0.1, -0.05) is 25.8 Å². The largest absolute Gasteiger partial charge is 0.326 e. The van der Waals surface area contributed by atoms with Gasteiger partial charge in [-0.05, 0) is 25.0 Å². The molecule has 1 heterocycles. The monoisotopic (exact) mass is 177 g/mol. The molecule has 0 unspecified atom stereocenters. The van der Waals surface area contributed by atoms with Crippen LogP contribution in [0.2, 0.25) is 0 Å². The Morgan fingerprint density at radius 2 is 2.08 bits per heavy atom. The summed E-state index contributed by atoms with van der Waals surface area (Å²) in [6.07, 6.45) is 9.43. The summed E-state index contributed by atoms with van der Waals surface area (Å²) in [4.78, 5) is 11.7. The smallest absolute Gasteiger partial charge is 0.234 e. The minimum atomic E-state index is -0.179. The summed E-state index contributed by atoms with van der Waals surface area (Å²) in [6, 6.07) is 0. The molecule has 0 saturated heterocycles. The molecule has 0 radical (unpaired) electrons. The summed E-state index contributed by atoms with van der Waals surface area (Å²) in [7, 11) is 0. The molecule has 2 heteroatoms. The first kappa shape index (κ1) is 8.54. The van der Waals surface area contributed by atoms with Crippen LogP contribution in [-0.2, 0) is 4.79 Å². The lowest BCUT2D eigenvalue weighted by Gasteiger charge is -2.28. The van der Waals surface area contributed by atoms with Crippen LogP contribution in [0, 0.1) is 5.41 Å². The average molecular weight is 177 g/mol. The van der Waals surface area contributed by atoms with Gasteiger partial charge in [0.2, 0.25) is 5.91 Å². The van der Waals surface area contributed by atoms with Gasteiger partial charge in [0, 0.05) is 5.70 Å². The summed E-state index contributed by atoms with van der Waals surface area (Å²) in [5.41, 5.74) is 0.716. The third-order valence-corrected chi connectivity index (χ3v) is 3.11. The highest BCUT2D eigenvalue weighted by Gasteiger charge is 2.41. The summed E-state index contributed by atoms with van der Waals surface area (Å²) in [5, 5.41) is 2.87. The Morgan fingerprint density at radius 1 is 1.38 bits per heavy atom. The van der Waals surface area contributed by atoms with Crippen molar-refractivity contribution in [1.82, 2.24) is 5.32 Å². The number of amides is 1. The third kappa shape index (κ3) is 1.30. The van der Waals surface area contributed by atoms with Crippen molar-refractivity contribution in [2.75, 3.05) is 0 Å². The topological polar surface area (TPSA) is 29.1 Å². The van der Waals surface area contributed by atoms with Crippen molar-refractivity contribution in [2.24, 2.45) is 5.41 Å². The van der Waals surface area contributed by atoms with E-state index in [4.69, 9.17) is 0 Å². The van der Waals surface area contributed by atoms with Crippen molar-refractivity contribution in [3.8, 4) is 0 Å². The molecular weight excluding hydrogens is 162 g/mol. The highest BCUT2D eigenvalue weighted by Crippen LogP contribution is 2.41. The fraction of sp³-hybridized carbons (Fsp3) is 0.545. The average Bonchev–Trinajstić information content (AvgIpc) is 2.45. The predicted octanol–water partition coefficient (Wildman–Crippen LogP) is 2.14. The van der Waals surface area contributed by atoms with E-state index in [1.165, 1.54) is 19.3 Å². The predicted molar refractivity (Wildman–Crippen MR) is 51.9 cm³/mol. The van der Waals surface area contributed by atoms with E-state index in [0.29, 0.717) is 0 Å². The van der Waals surface area contributed by atoms with Crippen LogP contribution in [-0.4, -0.2) is 5.91 Å². The number of nitrogens with one attached hydrogen (secondary N) is 1. The van der Waals surface area contributed by atoms with Crippen molar-refractivity contribution in [3.05, 3.63) is 24.4 Å². The first-order chi connectivity index (χ1) is 6.27. The number of allylic oxidation sites excluding steroid dienone is 1. The Bertz CT molecular complexity index is 272. The lowest BCUT2D eigenvalue weighted by molar-refractivity contribution is -0.127. The zero-order valence-corrected chi connectivity index (χ0v) is 7.81. The van der Waals surface area contributed by atoms with Gasteiger partial charge in [0.05, 0.1) is 5.41 Å². The van der Waals surface area contributed by atoms with Gasteiger partial charge < -0.3 is 5.32 Å². The van der Waals surface area contributed by atoms with Gasteiger partial charge >= 0.3 is 0 Å². The van der Waals surface area contributed by atoms with E-state index in [1.807, 2.05) is 0 Å². The van der Waals surface area contributed by atoms with E-state index in [-0.39, 0.29) is 11.3 Å². The van der Waals surface area contributed by atoms with Crippen LogP contribution in [0.15, 0.2) is 24.4 Å². The van der Waals surface area contributed by atoms with Crippen LogP contribution in [0.25, 0.3) is 0 Å². The second-order valence-corrected chi connectivity index (χ2v) is 3.97. The normalized spacial score (nSPS) is 25.5. The molecule has 0 atom stereocenters. The minimum absolute atomic E-state index is 0.179. The van der Waals surface area contributed by atoms with Crippen molar-refractivity contribution in [2.45, 2.75) is 32.1 Å². The van der Waals surface area contributed by atoms with Gasteiger partial charge in [0.15, 0.2) is 0 Å². The second kappa shape index (κ2) is 3.02. The molecule has 1 aliphatic carbocycles. The fourth-order valence-electron chi connectivity index (χ4n) is 2.32. The number of carbonyl (C=O) groups is 1. The molecule has 2 nitrogen and oxygen atoms in total. The highest BCUT2D eigenvalue weighted by molar-refractivity contribution is 5.90. The fourth-order valence-corrected chi connectivity index (χ4v) is 2.32. The molecule has 2 aliphatic rings. The standard InChI is InChI=1S/C11H15NO/c1-2-9-8-11(10(13)12-9)6-4-3-5-7-11/h2,8H,1,3-7H2,(H,12,13). The second-order valence-electron chi connectivity index (χ2n) is 3.97. The van der Waals surface area contributed by atoms with Crippen LogP contribution in [0.3, 0.4) is 0 Å². The zero-order valence-electron chi connectivity index (χ0n) is 7.81. The lowest BCUT2D eigenvalue weighted by Crippen LogP contribution is -2.34. The Hall–Kier alpha value is -1.05. The van der Waals surface area contributed by atoms with Crippen LogP contribution >= 0.6 is 0 Å². The van der Waals surface area contributed by atoms with E-state index >= 15 is 0 Å². The SMILES string of the molecule is C=CC1=CC2(CCCCC2)C(=O)N1. The Kier molecular flexibility index (Phi) is 1.98. The van der Waals surface area contributed by atoms with Crippen molar-refractivity contribution < 1.29 is 4.79 Å². The quantitative estimate of drug-likeness (QED) is 0.653. The van der Waals surface area contributed by atoms with E-state index in [2.05, 4.69) is 18.0 Å². The number of hydrogen-bond donors (Lipinski definition) is 1. The van der Waals surface area contributed by atoms with Gasteiger partial charge in [-0.15, -0.1) is 0 Å². The first-order valence-electron chi connectivity index (χ1n) is 4.94. The maximum atomic E-state index is 11.7. The molecule has 1 fully saturated rings. The number of carbonyl (C=O) groups excluding carboxylic acids is 1. The molecule has 0 aromatic heterocycles. The van der Waals surface area contributed by atoms with Crippen LogP contribution < -0.4 is 5.32 Å². The number of hydrogen-bond acceptors (Lipinski definition) is 1. The Labute approximate surface area is 78.7 Å². The summed E-state index contributed by atoms with van der Waals surface area (Å²) in [6.45, 7) is 3.67. The maximum absolute atomic E-state index is 11.7. The van der Waals surface area contributed by atoms with Crippen LogP contribution in [0.4, 0.5) is 0 Å². The van der Waals surface area contributed by atoms with Gasteiger partial charge in [0.1, 0.15) is 0 Å². The molecule has 1 aliphatic heterocycles. The molecule has 1 spiro atoms. The maximum Gasteiger partial charge on any atom is 0.234 e. The van der Waals surface area contributed by atoms with Crippen molar-refractivity contribution in [3.63, 3.8) is 0 Å². The van der Waals surface area contributed by atoms with Gasteiger partial charge in [-0.3, -0.25) is 4.79 Å². The molecule has 2 rings (SSSR count). The van der Waals surface area contributed by atoms with E-state index in [9.17, 15) is 4.79 Å². The minimum Gasteiger partial charge on any atom is -0.326 e. The molecule has 0 aromatic rings. The molecule has 13 heavy (non-hydrogen) atoms. The molecule has 1 N–H and O–H groups in total. The van der Waals surface area contributed by atoms with E-state index in [1.54, 1.807) is 6.08 Å². The molecule has 0 aromatic carbocycles. The zero-order chi connectivity index (χ0) is 9.31. The van der Waals surface area contributed by atoms with Crippen LogP contribution in [0.1, 0.15) is 32.1 Å². The lowest BCUT2D eigenvalue weighted by atomic mass is 9.74. The Morgan fingerprint density at radius 3 is 2.62 bits per heavy atom. The summed E-state index contributed by atoms with van der Waals surface area (Å²) in [5.74, 6) is 0.183. The van der Waals surface area contributed by atoms with Crippen molar-refractivity contribution >= 4 is 5.91 Å². The summed E-state index contributed by atoms with van der Waals surface area (Å²) >= 11 is 0. The van der Waals surface area contributed by atoms with Gasteiger partial charge in [0.25, 0.3) is 0 Å². The van der Waals surface area contributed by atoms with Gasteiger partial charge in [-0.25, -0.2) is 0 Å². The third-order valence-electron chi connectivity index (χ3n) is 3.11. The van der Waals surface area contributed by atoms with Crippen LogP contribution in [0.5, 0.6) is 0 Å². The molecule has 70 valence electrons. The van der Waals surface area contributed by atoms with E-state index in [0.717, 1.165) is 18.5 Å². The van der Waals surface area contributed by atoms with Crippen molar-refractivity contribution in [1.29, 1.82) is 0 Å². The molecule has 0 bridgehead atoms. The molecular formula is C11H15NO. The van der Waals surface area contributed by atoms with E-state index < -0.39 is 0 Å². The molecule has 1 amide bonds. The first-order valence-corrected chi connectivity index (χ1v) is 4.94. The highest BCUT2D eigenvalue weighted by atomic mass is 16.2. The number of rotatable bonds is 1. The summed E-state index contributed by atoms with van der Waals surface area (Å²) < 4.78 is 0. The van der Waals surface area contributed by atoms with Gasteiger partial charge in [-0.2, -0.15) is 0 Å².